The van der Waals surface area contributed by atoms with Gasteiger partial charge in [0.05, 0.1) is 12.7 Å². The van der Waals surface area contributed by atoms with Gasteiger partial charge < -0.3 is 10.5 Å². The Morgan fingerprint density at radius 1 is 1.29 bits per heavy atom. The highest BCUT2D eigenvalue weighted by Gasteiger charge is 2.16. The zero-order chi connectivity index (χ0) is 11.4. The molecule has 1 aliphatic carbocycles. The maximum atomic E-state index is 7.49. The van der Waals surface area contributed by atoms with Crippen LogP contribution in [0.25, 0.3) is 0 Å². The topological polar surface area (TPSA) is 59.1 Å². The summed E-state index contributed by atoms with van der Waals surface area (Å²) < 4.78 is 5.83. The fourth-order valence-electron chi connectivity index (χ4n) is 2.17. The van der Waals surface area contributed by atoms with Gasteiger partial charge in [-0.2, -0.15) is 0 Å². The van der Waals surface area contributed by atoms with Crippen LogP contribution in [0.15, 0.2) is 24.3 Å². The first-order chi connectivity index (χ1) is 7.77. The van der Waals surface area contributed by atoms with Crippen molar-refractivity contribution >= 4 is 18.2 Å². The highest BCUT2D eigenvalue weighted by atomic mass is 35.5. The number of halogens is 1. The second-order valence-electron chi connectivity index (χ2n) is 4.29. The number of hydrogen-bond donors (Lipinski definition) is 2. The summed E-state index contributed by atoms with van der Waals surface area (Å²) in [5.74, 6) is 0.116. The second kappa shape index (κ2) is 6.62. The summed E-state index contributed by atoms with van der Waals surface area (Å²) >= 11 is 0. The Morgan fingerprint density at radius 2 is 1.94 bits per heavy atom. The number of nitrogens with one attached hydrogen (secondary N) is 1. The van der Waals surface area contributed by atoms with Crippen molar-refractivity contribution in [3.8, 4) is 0 Å². The normalized spacial score (nSPS) is 15.5. The maximum absolute atomic E-state index is 7.49. The lowest BCUT2D eigenvalue weighted by molar-refractivity contribution is 0.0456. The first-order valence-electron chi connectivity index (χ1n) is 5.81. The van der Waals surface area contributed by atoms with Crippen molar-refractivity contribution in [3.05, 3.63) is 35.4 Å². The van der Waals surface area contributed by atoms with E-state index in [4.69, 9.17) is 15.9 Å². The molecule has 1 aromatic rings. The van der Waals surface area contributed by atoms with Crippen LogP contribution in [0.2, 0.25) is 0 Å². The molecular weight excluding hydrogens is 236 g/mol. The smallest absolute Gasteiger partial charge is 0.123 e. The molecule has 4 heteroatoms. The lowest BCUT2D eigenvalue weighted by Crippen LogP contribution is -2.15. The van der Waals surface area contributed by atoms with Crippen LogP contribution in [0.5, 0.6) is 0 Å². The van der Waals surface area contributed by atoms with Crippen LogP contribution in [0.1, 0.15) is 36.8 Å². The largest absolute Gasteiger partial charge is 0.384 e. The number of benzene rings is 1. The van der Waals surface area contributed by atoms with Gasteiger partial charge in [0.15, 0.2) is 0 Å². The lowest BCUT2D eigenvalue weighted by atomic mass is 10.1. The molecule has 1 aliphatic rings. The van der Waals surface area contributed by atoms with E-state index in [1.807, 2.05) is 24.3 Å². The summed E-state index contributed by atoms with van der Waals surface area (Å²) in [6.07, 6.45) is 5.29. The van der Waals surface area contributed by atoms with Gasteiger partial charge >= 0.3 is 0 Å². The van der Waals surface area contributed by atoms with Crippen LogP contribution >= 0.6 is 12.4 Å². The van der Waals surface area contributed by atoms with E-state index in [0.717, 1.165) is 11.1 Å². The summed E-state index contributed by atoms with van der Waals surface area (Å²) in [6.45, 7) is 0.570. The predicted octanol–water partition coefficient (Wildman–Crippen LogP) is 2.85. The summed E-state index contributed by atoms with van der Waals surface area (Å²) in [5, 5.41) is 7.49. The number of nitrogen functional groups attached to an aromatic ring is 1. The number of nitrogens with two attached hydrogens (primary N) is 1. The molecule has 0 radical (unpaired) electrons. The van der Waals surface area contributed by atoms with Gasteiger partial charge in [-0.25, -0.2) is 0 Å². The van der Waals surface area contributed by atoms with Crippen LogP contribution in [0, 0.1) is 5.41 Å². The van der Waals surface area contributed by atoms with E-state index in [1.54, 1.807) is 0 Å². The summed E-state index contributed by atoms with van der Waals surface area (Å²) in [6, 6.07) is 7.71. The molecule has 1 aromatic carbocycles. The first kappa shape index (κ1) is 14.0. The standard InChI is InChI=1S/C13H18N2O.ClH/c14-13(15)12-8-4-1-5-10(12)9-16-11-6-2-3-7-11;/h1,4-5,8,11H,2-3,6-7,9H2,(H3,14,15);1H. The molecule has 0 atom stereocenters. The third-order valence-corrected chi connectivity index (χ3v) is 3.08. The third kappa shape index (κ3) is 3.72. The first-order valence-corrected chi connectivity index (χ1v) is 5.81. The molecule has 3 N–H and O–H groups in total. The molecule has 0 heterocycles. The highest BCUT2D eigenvalue weighted by molar-refractivity contribution is 5.96. The van der Waals surface area contributed by atoms with E-state index < -0.39 is 0 Å². The Bertz CT molecular complexity index is 375. The molecule has 0 unspecified atom stereocenters. The fourth-order valence-corrected chi connectivity index (χ4v) is 2.17. The number of hydrogen-bond acceptors (Lipinski definition) is 2. The van der Waals surface area contributed by atoms with Gasteiger partial charge in [-0.05, 0) is 18.4 Å². The van der Waals surface area contributed by atoms with Crippen LogP contribution in [-0.4, -0.2) is 11.9 Å². The minimum Gasteiger partial charge on any atom is -0.384 e. The maximum Gasteiger partial charge on any atom is 0.123 e. The van der Waals surface area contributed by atoms with Crippen molar-refractivity contribution in [3.63, 3.8) is 0 Å². The van der Waals surface area contributed by atoms with Crippen LogP contribution in [-0.2, 0) is 11.3 Å². The molecule has 0 saturated heterocycles. The molecule has 0 spiro atoms. The molecule has 17 heavy (non-hydrogen) atoms. The van der Waals surface area contributed by atoms with Gasteiger partial charge in [0.25, 0.3) is 0 Å². The van der Waals surface area contributed by atoms with Gasteiger partial charge in [0.2, 0.25) is 0 Å². The van der Waals surface area contributed by atoms with Gasteiger partial charge in [-0.1, -0.05) is 37.1 Å². The summed E-state index contributed by atoms with van der Waals surface area (Å²) in [4.78, 5) is 0. The summed E-state index contributed by atoms with van der Waals surface area (Å²) in [7, 11) is 0. The molecule has 0 aliphatic heterocycles. The van der Waals surface area contributed by atoms with Crippen molar-refractivity contribution in [2.24, 2.45) is 5.73 Å². The number of amidine groups is 1. The van der Waals surface area contributed by atoms with Crippen molar-refractivity contribution in [1.82, 2.24) is 0 Å². The quantitative estimate of drug-likeness (QED) is 0.641. The Morgan fingerprint density at radius 3 is 2.59 bits per heavy atom. The minimum atomic E-state index is 0. The Labute approximate surface area is 108 Å². The SMILES string of the molecule is Cl.N=C(N)c1ccccc1COC1CCCC1. The monoisotopic (exact) mass is 254 g/mol. The van der Waals surface area contributed by atoms with Gasteiger partial charge in [0, 0.05) is 5.56 Å². The fraction of sp³-hybridized carbons (Fsp3) is 0.462. The van der Waals surface area contributed by atoms with Crippen molar-refractivity contribution < 1.29 is 4.74 Å². The molecule has 2 rings (SSSR count). The molecule has 1 fully saturated rings. The Kier molecular flexibility index (Phi) is 5.45. The van der Waals surface area contributed by atoms with Crippen molar-refractivity contribution in [1.29, 1.82) is 5.41 Å². The number of ether oxygens (including phenoxy) is 1. The highest BCUT2D eigenvalue weighted by Crippen LogP contribution is 2.22. The van der Waals surface area contributed by atoms with E-state index in [-0.39, 0.29) is 18.2 Å². The van der Waals surface area contributed by atoms with Crippen LogP contribution < -0.4 is 5.73 Å². The van der Waals surface area contributed by atoms with Gasteiger partial charge in [-0.15, -0.1) is 12.4 Å². The zero-order valence-electron chi connectivity index (χ0n) is 9.82. The minimum absolute atomic E-state index is 0. The van der Waals surface area contributed by atoms with E-state index in [1.165, 1.54) is 25.7 Å². The average Bonchev–Trinajstić information content (AvgIpc) is 2.79. The molecule has 94 valence electrons. The second-order valence-corrected chi connectivity index (χ2v) is 4.29. The number of rotatable bonds is 4. The molecular formula is C13H19ClN2O. The van der Waals surface area contributed by atoms with Gasteiger partial charge in [-0.3, -0.25) is 5.41 Å². The zero-order valence-corrected chi connectivity index (χ0v) is 10.6. The molecule has 3 nitrogen and oxygen atoms in total. The van der Waals surface area contributed by atoms with E-state index in [2.05, 4.69) is 0 Å². The predicted molar refractivity (Wildman–Crippen MR) is 71.8 cm³/mol. The third-order valence-electron chi connectivity index (χ3n) is 3.08. The average molecular weight is 255 g/mol. The van der Waals surface area contributed by atoms with E-state index >= 15 is 0 Å². The molecule has 0 aromatic heterocycles. The van der Waals surface area contributed by atoms with Gasteiger partial charge in [0.1, 0.15) is 5.84 Å². The van der Waals surface area contributed by atoms with Crippen LogP contribution in [0.4, 0.5) is 0 Å². The Balaban J connectivity index is 0.00000144. The van der Waals surface area contributed by atoms with Crippen LogP contribution in [0.3, 0.4) is 0 Å². The van der Waals surface area contributed by atoms with E-state index in [0.29, 0.717) is 12.7 Å². The van der Waals surface area contributed by atoms with Crippen molar-refractivity contribution in [2.45, 2.75) is 38.4 Å². The van der Waals surface area contributed by atoms with Crippen molar-refractivity contribution in [2.75, 3.05) is 0 Å². The summed E-state index contributed by atoms with van der Waals surface area (Å²) in [5.41, 5.74) is 7.33. The molecule has 0 amide bonds. The Hall–Kier alpha value is -1.06. The van der Waals surface area contributed by atoms with E-state index in [9.17, 15) is 0 Å². The molecule has 0 bridgehead atoms. The molecule has 1 saturated carbocycles. The lowest BCUT2D eigenvalue weighted by Gasteiger charge is -2.13.